The largest absolute Gasteiger partial charge is 0.491 e. The van der Waals surface area contributed by atoms with E-state index in [9.17, 15) is 34.0 Å². The molecule has 3 atom stereocenters. The zero-order valence-corrected chi connectivity index (χ0v) is 21.6. The van der Waals surface area contributed by atoms with Gasteiger partial charge < -0.3 is 45.7 Å². The predicted molar refractivity (Wildman–Crippen MR) is 142 cm³/mol. The molecule has 0 spiro atoms. The van der Waals surface area contributed by atoms with Crippen molar-refractivity contribution in [3.8, 4) is 0 Å². The molecule has 0 aromatic heterocycles. The van der Waals surface area contributed by atoms with E-state index in [0.717, 1.165) is 5.56 Å². The number of nitrogens with two attached hydrogens (primary N) is 1. The molecule has 0 saturated carbocycles. The summed E-state index contributed by atoms with van der Waals surface area (Å²) in [4.78, 5) is 64.1. The number of carbonyl (C=O) groups is 5. The molecule has 1 saturated heterocycles. The second kappa shape index (κ2) is 11.3. The molecular weight excluding hydrogens is 538 g/mol. The maximum Gasteiger partial charge on any atom is 0.491 e. The molecule has 2 aromatic rings. The van der Waals surface area contributed by atoms with Crippen molar-refractivity contribution in [1.82, 2.24) is 15.5 Å². The highest BCUT2D eigenvalue weighted by Gasteiger charge is 2.42. The van der Waals surface area contributed by atoms with Crippen molar-refractivity contribution in [3.05, 3.63) is 58.7 Å². The summed E-state index contributed by atoms with van der Waals surface area (Å²) in [6, 6.07) is 5.95. The minimum atomic E-state index is -1.52. The van der Waals surface area contributed by atoms with Gasteiger partial charge in [-0.05, 0) is 52.7 Å². The molecule has 16 heteroatoms. The summed E-state index contributed by atoms with van der Waals surface area (Å²) in [5.74, 6) is -4.33. The minimum absolute atomic E-state index is 0.0464. The Morgan fingerprint density at radius 2 is 1.56 bits per heavy atom. The van der Waals surface area contributed by atoms with Crippen molar-refractivity contribution in [2.75, 3.05) is 6.54 Å². The van der Waals surface area contributed by atoms with Gasteiger partial charge in [-0.2, -0.15) is 0 Å². The number of rotatable bonds is 8. The quantitative estimate of drug-likeness (QED) is 0.175. The van der Waals surface area contributed by atoms with E-state index < -0.39 is 68.4 Å². The third kappa shape index (κ3) is 5.81. The topological polar surface area (TPSA) is 218 Å². The van der Waals surface area contributed by atoms with Crippen LogP contribution in [0.5, 0.6) is 0 Å². The second-order valence-corrected chi connectivity index (χ2v) is 10.1. The SMILES string of the molecule is NC(=O)[C@H](CC(=O)O)NC(=O)[C@@H]1C[C@@H](NC(=O)c2ccc3c(c2)B(O)OC3)CN1C(=O)c1ccc2c(c1)B(O)OC2. The molecule has 0 radical (unpaired) electrons. The molecule has 4 amide bonds. The fourth-order valence-electron chi connectivity index (χ4n) is 5.22. The lowest BCUT2D eigenvalue weighted by molar-refractivity contribution is -0.140. The first-order valence-electron chi connectivity index (χ1n) is 12.8. The van der Waals surface area contributed by atoms with Crippen LogP contribution in [0.25, 0.3) is 0 Å². The van der Waals surface area contributed by atoms with Crippen molar-refractivity contribution < 1.29 is 48.4 Å². The van der Waals surface area contributed by atoms with Gasteiger partial charge in [0.2, 0.25) is 11.8 Å². The molecule has 2 aromatic carbocycles. The molecule has 14 nitrogen and oxygen atoms in total. The lowest BCUT2D eigenvalue weighted by atomic mass is 9.78. The van der Waals surface area contributed by atoms with Crippen LogP contribution >= 0.6 is 0 Å². The van der Waals surface area contributed by atoms with Gasteiger partial charge >= 0.3 is 20.2 Å². The number of fused-ring (bicyclic) bond motifs is 2. The van der Waals surface area contributed by atoms with Crippen LogP contribution in [0.15, 0.2) is 36.4 Å². The van der Waals surface area contributed by atoms with E-state index in [0.29, 0.717) is 16.5 Å². The van der Waals surface area contributed by atoms with Crippen LogP contribution in [0.4, 0.5) is 0 Å². The third-order valence-corrected chi connectivity index (χ3v) is 7.36. The minimum Gasteiger partial charge on any atom is -0.481 e. The van der Waals surface area contributed by atoms with E-state index in [1.807, 2.05) is 0 Å². The molecule has 212 valence electrons. The fraction of sp³-hybridized carbons (Fsp3) is 0.320. The Labute approximate surface area is 234 Å². The normalized spacial score (nSPS) is 19.9. The molecule has 5 rings (SSSR count). The number of hydrogen-bond acceptors (Lipinski definition) is 9. The van der Waals surface area contributed by atoms with Crippen LogP contribution in [0.1, 0.15) is 44.7 Å². The monoisotopic (exact) mass is 564 g/mol. The van der Waals surface area contributed by atoms with Crippen LogP contribution in [0.2, 0.25) is 0 Å². The summed E-state index contributed by atoms with van der Waals surface area (Å²) >= 11 is 0. The highest BCUT2D eigenvalue weighted by atomic mass is 16.5. The molecule has 0 bridgehead atoms. The second-order valence-electron chi connectivity index (χ2n) is 10.1. The molecule has 41 heavy (non-hydrogen) atoms. The molecule has 1 fully saturated rings. The van der Waals surface area contributed by atoms with Gasteiger partial charge in [0, 0.05) is 23.7 Å². The molecule has 7 N–H and O–H groups in total. The number of primary amides is 1. The van der Waals surface area contributed by atoms with E-state index in [1.165, 1.54) is 23.1 Å². The van der Waals surface area contributed by atoms with E-state index in [1.54, 1.807) is 18.2 Å². The predicted octanol–water partition coefficient (Wildman–Crippen LogP) is -3.42. The van der Waals surface area contributed by atoms with Gasteiger partial charge in [-0.25, -0.2) is 0 Å². The van der Waals surface area contributed by atoms with Crippen molar-refractivity contribution in [1.29, 1.82) is 0 Å². The Bertz CT molecular complexity index is 1440. The molecule has 3 aliphatic rings. The number of aliphatic carboxylic acids is 1. The summed E-state index contributed by atoms with van der Waals surface area (Å²) in [7, 11) is -2.35. The number of benzene rings is 2. The zero-order chi connectivity index (χ0) is 29.4. The van der Waals surface area contributed by atoms with E-state index in [-0.39, 0.29) is 37.3 Å². The van der Waals surface area contributed by atoms with Gasteiger partial charge in [0.1, 0.15) is 12.1 Å². The maximum atomic E-state index is 13.6. The summed E-state index contributed by atoms with van der Waals surface area (Å²) in [5, 5.41) is 34.2. The Kier molecular flexibility index (Phi) is 7.82. The van der Waals surface area contributed by atoms with Gasteiger partial charge in [-0.1, -0.05) is 12.1 Å². The van der Waals surface area contributed by atoms with Crippen molar-refractivity contribution in [2.24, 2.45) is 5.73 Å². The van der Waals surface area contributed by atoms with Crippen molar-refractivity contribution in [3.63, 3.8) is 0 Å². The van der Waals surface area contributed by atoms with Crippen molar-refractivity contribution >= 4 is 54.8 Å². The number of nitrogens with one attached hydrogen (secondary N) is 2. The van der Waals surface area contributed by atoms with Gasteiger partial charge in [0.05, 0.1) is 19.6 Å². The smallest absolute Gasteiger partial charge is 0.481 e. The highest BCUT2D eigenvalue weighted by molar-refractivity contribution is 6.62. The zero-order valence-electron chi connectivity index (χ0n) is 21.6. The third-order valence-electron chi connectivity index (χ3n) is 7.36. The maximum absolute atomic E-state index is 13.6. The fourth-order valence-corrected chi connectivity index (χ4v) is 5.22. The Morgan fingerprint density at radius 3 is 2.15 bits per heavy atom. The number of carboxylic acid groups (broad SMARTS) is 1. The number of carboxylic acids is 1. The van der Waals surface area contributed by atoms with Crippen molar-refractivity contribution in [2.45, 2.75) is 44.2 Å². The number of amides is 4. The van der Waals surface area contributed by atoms with Crippen LogP contribution < -0.4 is 27.3 Å². The van der Waals surface area contributed by atoms with Crippen LogP contribution in [0, 0.1) is 0 Å². The molecular formula is C25H26B2N4O10. The summed E-state index contributed by atoms with van der Waals surface area (Å²) in [6.07, 6.45) is -0.798. The van der Waals surface area contributed by atoms with Gasteiger partial charge in [-0.3, -0.25) is 24.0 Å². The van der Waals surface area contributed by atoms with E-state index in [4.69, 9.17) is 20.1 Å². The molecule has 3 heterocycles. The standard InChI is InChI=1S/C25H26B2N4O10/c28-22(34)19(8-21(32)33)30-24(36)20-7-16(29-23(35)12-1-3-14-10-40-26(38)17(14)5-12)9-31(20)25(37)13-2-4-15-11-41-27(39)18(15)6-13/h1-6,16,19-20,38-39H,7-11H2,(H2,28,34)(H,29,35)(H,30,36)(H,32,33)/t16-,19+,20+/m1/s1. The van der Waals surface area contributed by atoms with Crippen LogP contribution in [-0.4, -0.2) is 88.6 Å². The van der Waals surface area contributed by atoms with Gasteiger partial charge in [0.15, 0.2) is 0 Å². The first-order valence-corrected chi connectivity index (χ1v) is 12.8. The number of hydrogen-bond donors (Lipinski definition) is 6. The highest BCUT2D eigenvalue weighted by Crippen LogP contribution is 2.23. The summed E-state index contributed by atoms with van der Waals surface area (Å²) in [5.41, 5.74) is 8.00. The lowest BCUT2D eigenvalue weighted by Gasteiger charge is -2.25. The van der Waals surface area contributed by atoms with E-state index in [2.05, 4.69) is 10.6 Å². The Hall–Kier alpha value is -4.24. The first kappa shape index (κ1) is 28.3. The number of nitrogens with zero attached hydrogens (tertiary/aromatic N) is 1. The number of likely N-dealkylation sites (tertiary alicyclic amines) is 1. The van der Waals surface area contributed by atoms with Crippen LogP contribution in [0.3, 0.4) is 0 Å². The van der Waals surface area contributed by atoms with Gasteiger partial charge in [0.25, 0.3) is 11.8 Å². The van der Waals surface area contributed by atoms with E-state index >= 15 is 0 Å². The molecule has 0 aliphatic carbocycles. The molecule has 0 unspecified atom stereocenters. The summed E-state index contributed by atoms with van der Waals surface area (Å²) < 4.78 is 10.3. The number of carbonyl (C=O) groups excluding carboxylic acids is 4. The first-order chi connectivity index (χ1) is 19.5. The average Bonchev–Trinajstić information content (AvgIpc) is 3.64. The Balaban J connectivity index is 1.37. The summed E-state index contributed by atoms with van der Waals surface area (Å²) in [6.45, 7) is 0.308. The lowest BCUT2D eigenvalue weighted by Crippen LogP contribution is -2.52. The van der Waals surface area contributed by atoms with Crippen LogP contribution in [-0.2, 0) is 36.9 Å². The Morgan fingerprint density at radius 1 is 0.976 bits per heavy atom. The average molecular weight is 564 g/mol. The molecule has 3 aliphatic heterocycles. The van der Waals surface area contributed by atoms with Gasteiger partial charge in [-0.15, -0.1) is 0 Å².